The molecule has 1 aliphatic rings. The summed E-state index contributed by atoms with van der Waals surface area (Å²) < 4.78 is 11.2. The number of nitrogens with zero attached hydrogens (tertiary/aromatic N) is 2. The molecule has 1 heterocycles. The van der Waals surface area contributed by atoms with Crippen molar-refractivity contribution in [1.82, 2.24) is 4.90 Å². The molecule has 1 aliphatic heterocycles. The van der Waals surface area contributed by atoms with Crippen molar-refractivity contribution in [3.05, 3.63) is 103 Å². The Morgan fingerprint density at radius 1 is 1.03 bits per heavy atom. The van der Waals surface area contributed by atoms with Crippen LogP contribution in [-0.4, -0.2) is 28.1 Å². The summed E-state index contributed by atoms with van der Waals surface area (Å²) in [6.45, 7) is 0.272. The molecule has 8 nitrogen and oxygen atoms in total. The van der Waals surface area contributed by atoms with Crippen molar-refractivity contribution in [3.63, 3.8) is 0 Å². The summed E-state index contributed by atoms with van der Waals surface area (Å²) in [6, 6.07) is 18.2. The second kappa shape index (κ2) is 10.6. The number of nitro benzene ring substituents is 1. The van der Waals surface area contributed by atoms with Gasteiger partial charge in [-0.1, -0.05) is 41.9 Å². The van der Waals surface area contributed by atoms with E-state index in [1.807, 2.05) is 0 Å². The van der Waals surface area contributed by atoms with Crippen LogP contribution < -0.4 is 9.47 Å². The minimum Gasteiger partial charge on any atom is -0.493 e. The van der Waals surface area contributed by atoms with Gasteiger partial charge in [-0.05, 0) is 58.8 Å². The van der Waals surface area contributed by atoms with Crippen LogP contribution in [0.2, 0.25) is 5.02 Å². The van der Waals surface area contributed by atoms with E-state index in [1.54, 1.807) is 60.7 Å². The van der Waals surface area contributed by atoms with Gasteiger partial charge in [-0.15, -0.1) is 0 Å². The molecule has 0 radical (unpaired) electrons. The maximum absolute atomic E-state index is 12.8. The van der Waals surface area contributed by atoms with Gasteiger partial charge in [0.05, 0.1) is 23.5 Å². The molecular formula is C25H19ClN2O6S. The van der Waals surface area contributed by atoms with Gasteiger partial charge in [-0.25, -0.2) is 0 Å². The average Bonchev–Trinajstić information content (AvgIpc) is 3.11. The van der Waals surface area contributed by atoms with Crippen molar-refractivity contribution in [1.29, 1.82) is 0 Å². The minimum absolute atomic E-state index is 0.0154. The fourth-order valence-corrected chi connectivity index (χ4v) is 4.34. The summed E-state index contributed by atoms with van der Waals surface area (Å²) in [5, 5.41) is 11.2. The zero-order chi connectivity index (χ0) is 24.9. The average molecular weight is 511 g/mol. The molecule has 3 aromatic rings. The molecule has 0 N–H and O–H groups in total. The van der Waals surface area contributed by atoms with Crippen LogP contribution in [0.5, 0.6) is 11.5 Å². The first-order chi connectivity index (χ1) is 16.8. The first-order valence-electron chi connectivity index (χ1n) is 10.4. The first-order valence-corrected chi connectivity index (χ1v) is 11.6. The number of amides is 2. The maximum atomic E-state index is 12.8. The van der Waals surface area contributed by atoms with Gasteiger partial charge in [0, 0.05) is 17.2 Å². The van der Waals surface area contributed by atoms with Crippen LogP contribution in [0.3, 0.4) is 0 Å². The molecule has 0 aromatic heterocycles. The molecule has 1 fully saturated rings. The van der Waals surface area contributed by atoms with E-state index >= 15 is 0 Å². The molecule has 0 spiro atoms. The van der Waals surface area contributed by atoms with Gasteiger partial charge in [-0.2, -0.15) is 0 Å². The van der Waals surface area contributed by atoms with E-state index < -0.39 is 4.92 Å². The molecule has 1 saturated heterocycles. The SMILES string of the molecule is COc1cc(/C=C2\SC(=O)N(Cc3ccc(Cl)cc3)C2=O)ccc1OCc1cccc([N+](=O)[O-])c1. The van der Waals surface area contributed by atoms with E-state index in [2.05, 4.69) is 0 Å². The molecule has 0 aliphatic carbocycles. The number of methoxy groups -OCH3 is 1. The summed E-state index contributed by atoms with van der Waals surface area (Å²) in [5.41, 5.74) is 2.07. The number of rotatable bonds is 8. The number of thioether (sulfide) groups is 1. The molecule has 0 atom stereocenters. The summed E-state index contributed by atoms with van der Waals surface area (Å²) in [4.78, 5) is 37.3. The van der Waals surface area contributed by atoms with E-state index in [0.717, 1.165) is 17.3 Å². The summed E-state index contributed by atoms with van der Waals surface area (Å²) in [5.74, 6) is 0.483. The molecule has 0 saturated carbocycles. The number of halogens is 1. The molecule has 0 bridgehead atoms. The fourth-order valence-electron chi connectivity index (χ4n) is 3.37. The van der Waals surface area contributed by atoms with Gasteiger partial charge in [-0.3, -0.25) is 24.6 Å². The van der Waals surface area contributed by atoms with Crippen molar-refractivity contribution in [2.75, 3.05) is 7.11 Å². The van der Waals surface area contributed by atoms with E-state index in [9.17, 15) is 19.7 Å². The number of carbonyl (C=O) groups is 2. The van der Waals surface area contributed by atoms with Gasteiger partial charge < -0.3 is 9.47 Å². The molecule has 0 unspecified atom stereocenters. The van der Waals surface area contributed by atoms with Crippen LogP contribution in [0.15, 0.2) is 71.6 Å². The molecular weight excluding hydrogens is 492 g/mol. The third-order valence-electron chi connectivity index (χ3n) is 5.13. The Labute approximate surface area is 210 Å². The first kappa shape index (κ1) is 24.3. The highest BCUT2D eigenvalue weighted by atomic mass is 35.5. The molecule has 178 valence electrons. The third-order valence-corrected chi connectivity index (χ3v) is 6.29. The lowest BCUT2D eigenvalue weighted by Gasteiger charge is -2.12. The van der Waals surface area contributed by atoms with Crippen LogP contribution >= 0.6 is 23.4 Å². The van der Waals surface area contributed by atoms with Crippen LogP contribution in [-0.2, 0) is 17.9 Å². The van der Waals surface area contributed by atoms with Crippen LogP contribution in [0.25, 0.3) is 6.08 Å². The van der Waals surface area contributed by atoms with E-state index in [-0.39, 0.29) is 30.0 Å². The highest BCUT2D eigenvalue weighted by Gasteiger charge is 2.35. The Hall–Kier alpha value is -3.82. The van der Waals surface area contributed by atoms with Gasteiger partial charge in [0.15, 0.2) is 11.5 Å². The van der Waals surface area contributed by atoms with Crippen molar-refractivity contribution in [2.45, 2.75) is 13.2 Å². The fraction of sp³-hybridized carbons (Fsp3) is 0.120. The molecule has 35 heavy (non-hydrogen) atoms. The Bertz CT molecular complexity index is 1330. The number of imide groups is 1. The minimum atomic E-state index is -0.462. The standard InChI is InChI=1S/C25H19ClN2O6S/c1-33-22-12-17(7-10-21(22)34-15-18-3-2-4-20(11-18)28(31)32)13-23-24(29)27(25(30)35-23)14-16-5-8-19(26)9-6-16/h2-13H,14-15H2,1H3/b23-13-. The van der Waals surface area contributed by atoms with Gasteiger partial charge in [0.1, 0.15) is 6.61 Å². The number of hydrogen-bond donors (Lipinski definition) is 0. The number of ether oxygens (including phenoxy) is 2. The number of hydrogen-bond acceptors (Lipinski definition) is 7. The summed E-state index contributed by atoms with van der Waals surface area (Å²) >= 11 is 6.77. The molecule has 10 heteroatoms. The van der Waals surface area contributed by atoms with E-state index in [4.69, 9.17) is 21.1 Å². The molecule has 3 aromatic carbocycles. The summed E-state index contributed by atoms with van der Waals surface area (Å²) in [6.07, 6.45) is 1.62. The second-order valence-corrected chi connectivity index (χ2v) is 8.95. The van der Waals surface area contributed by atoms with Crippen molar-refractivity contribution in [3.8, 4) is 11.5 Å². The van der Waals surface area contributed by atoms with Gasteiger partial charge in [0.2, 0.25) is 0 Å². The van der Waals surface area contributed by atoms with E-state index in [0.29, 0.717) is 32.6 Å². The van der Waals surface area contributed by atoms with E-state index in [1.165, 1.54) is 24.1 Å². The highest BCUT2D eigenvalue weighted by Crippen LogP contribution is 2.35. The monoisotopic (exact) mass is 510 g/mol. The lowest BCUT2D eigenvalue weighted by molar-refractivity contribution is -0.384. The number of non-ortho nitro benzene ring substituents is 1. The molecule has 2 amide bonds. The van der Waals surface area contributed by atoms with Gasteiger partial charge in [0.25, 0.3) is 16.8 Å². The summed E-state index contributed by atoms with van der Waals surface area (Å²) in [7, 11) is 1.49. The maximum Gasteiger partial charge on any atom is 0.293 e. The Morgan fingerprint density at radius 3 is 2.51 bits per heavy atom. The Kier molecular flexibility index (Phi) is 7.38. The van der Waals surface area contributed by atoms with Gasteiger partial charge >= 0.3 is 0 Å². The van der Waals surface area contributed by atoms with Crippen molar-refractivity contribution in [2.24, 2.45) is 0 Å². The van der Waals surface area contributed by atoms with Crippen molar-refractivity contribution < 1.29 is 24.0 Å². The lowest BCUT2D eigenvalue weighted by atomic mass is 10.1. The predicted octanol–water partition coefficient (Wildman–Crippen LogP) is 6.07. The smallest absolute Gasteiger partial charge is 0.293 e. The Balaban J connectivity index is 1.47. The zero-order valence-electron chi connectivity index (χ0n) is 18.5. The topological polar surface area (TPSA) is 99.0 Å². The predicted molar refractivity (Wildman–Crippen MR) is 133 cm³/mol. The highest BCUT2D eigenvalue weighted by molar-refractivity contribution is 8.18. The third kappa shape index (κ3) is 5.82. The zero-order valence-corrected chi connectivity index (χ0v) is 20.0. The Morgan fingerprint density at radius 2 is 1.80 bits per heavy atom. The molecule has 4 rings (SSSR count). The van der Waals surface area contributed by atoms with Crippen LogP contribution in [0, 0.1) is 10.1 Å². The van der Waals surface area contributed by atoms with Crippen LogP contribution in [0.4, 0.5) is 10.5 Å². The van der Waals surface area contributed by atoms with Crippen LogP contribution in [0.1, 0.15) is 16.7 Å². The number of benzene rings is 3. The van der Waals surface area contributed by atoms with Crippen molar-refractivity contribution >= 4 is 46.3 Å². The second-order valence-electron chi connectivity index (χ2n) is 7.52. The number of carbonyl (C=O) groups excluding carboxylic acids is 2. The number of nitro groups is 1. The lowest BCUT2D eigenvalue weighted by Crippen LogP contribution is -2.27. The largest absolute Gasteiger partial charge is 0.493 e. The normalized spacial score (nSPS) is 14.5. The quantitative estimate of drug-likeness (QED) is 0.206.